The lowest BCUT2D eigenvalue weighted by Gasteiger charge is -2.31. The van der Waals surface area contributed by atoms with Gasteiger partial charge in [0.25, 0.3) is 0 Å². The lowest BCUT2D eigenvalue weighted by Crippen LogP contribution is -2.53. The predicted molar refractivity (Wildman–Crippen MR) is 118 cm³/mol. The third-order valence-electron chi connectivity index (χ3n) is 5.26. The maximum absolute atomic E-state index is 13.5. The quantitative estimate of drug-likeness (QED) is 0.454. The zero-order chi connectivity index (χ0) is 23.1. The average Bonchev–Trinajstić information content (AvgIpc) is 2.58. The first-order valence-corrected chi connectivity index (χ1v) is 12.8. The first-order valence-electron chi connectivity index (χ1n) is 9.84. The summed E-state index contributed by atoms with van der Waals surface area (Å²) in [6, 6.07) is 3.80. The molecule has 3 amide bonds. The number of benzene rings is 1. The van der Waals surface area contributed by atoms with E-state index in [-0.39, 0.29) is 17.9 Å². The number of primary amides is 1. The minimum Gasteiger partial charge on any atom is -0.368 e. The SMILES string of the molecule is CC(=O)N[C@@H](Cc1cccc(F)c1)C(=O)N[C@@H](CC#C[Si](C)(C)C(C)(C)C)C(N)=O. The number of carbonyl (C=O) groups is 3. The third kappa shape index (κ3) is 7.99. The Morgan fingerprint density at radius 1 is 1.17 bits per heavy atom. The Hall–Kier alpha value is -2.66. The number of hydrogen-bond donors (Lipinski definition) is 3. The molecule has 0 bridgehead atoms. The zero-order valence-corrected chi connectivity index (χ0v) is 19.6. The lowest BCUT2D eigenvalue weighted by molar-refractivity contribution is -0.130. The van der Waals surface area contributed by atoms with Gasteiger partial charge in [-0.25, -0.2) is 4.39 Å². The van der Waals surface area contributed by atoms with Gasteiger partial charge < -0.3 is 16.4 Å². The summed E-state index contributed by atoms with van der Waals surface area (Å²) in [7, 11) is -1.86. The van der Waals surface area contributed by atoms with E-state index >= 15 is 0 Å². The van der Waals surface area contributed by atoms with E-state index in [1.807, 2.05) is 0 Å². The van der Waals surface area contributed by atoms with E-state index in [0.717, 1.165) is 0 Å². The van der Waals surface area contributed by atoms with Gasteiger partial charge in [0, 0.05) is 19.8 Å². The first kappa shape index (κ1) is 25.4. The monoisotopic (exact) mass is 433 g/mol. The fourth-order valence-electron chi connectivity index (χ4n) is 2.41. The highest BCUT2D eigenvalue weighted by molar-refractivity contribution is 6.87. The van der Waals surface area contributed by atoms with Crippen LogP contribution in [0.15, 0.2) is 24.3 Å². The largest absolute Gasteiger partial charge is 0.368 e. The van der Waals surface area contributed by atoms with Gasteiger partial charge in [0.05, 0.1) is 0 Å². The molecule has 0 aliphatic heterocycles. The zero-order valence-electron chi connectivity index (χ0n) is 18.6. The molecule has 8 heteroatoms. The summed E-state index contributed by atoms with van der Waals surface area (Å²) in [6.07, 6.45) is 0.157. The van der Waals surface area contributed by atoms with Crippen molar-refractivity contribution in [2.45, 2.75) is 70.8 Å². The molecule has 2 atom stereocenters. The van der Waals surface area contributed by atoms with E-state index in [1.165, 1.54) is 25.1 Å². The summed E-state index contributed by atoms with van der Waals surface area (Å²) < 4.78 is 13.5. The topological polar surface area (TPSA) is 101 Å². The first-order chi connectivity index (χ1) is 13.7. The van der Waals surface area contributed by atoms with E-state index in [2.05, 4.69) is 56.0 Å². The molecular weight excluding hydrogens is 401 g/mol. The van der Waals surface area contributed by atoms with Crippen molar-refractivity contribution in [3.8, 4) is 11.5 Å². The smallest absolute Gasteiger partial charge is 0.243 e. The molecule has 1 rings (SSSR count). The predicted octanol–water partition coefficient (Wildman–Crippen LogP) is 2.28. The van der Waals surface area contributed by atoms with Crippen LogP contribution in [0, 0.1) is 17.3 Å². The van der Waals surface area contributed by atoms with Crippen LogP contribution < -0.4 is 16.4 Å². The van der Waals surface area contributed by atoms with Crippen LogP contribution in [0.5, 0.6) is 0 Å². The molecule has 4 N–H and O–H groups in total. The second kappa shape index (κ2) is 10.4. The minimum absolute atomic E-state index is 0.0624. The highest BCUT2D eigenvalue weighted by atomic mass is 28.3. The number of nitrogens with two attached hydrogens (primary N) is 1. The Labute approximate surface area is 179 Å². The minimum atomic E-state index is -1.86. The number of carbonyl (C=O) groups excluding carboxylic acids is 3. The molecule has 30 heavy (non-hydrogen) atoms. The summed E-state index contributed by atoms with van der Waals surface area (Å²) in [5.74, 6) is 0.874. The highest BCUT2D eigenvalue weighted by Crippen LogP contribution is 2.35. The molecule has 0 aliphatic rings. The Bertz CT molecular complexity index is 853. The normalized spacial score (nSPS) is 13.4. The lowest BCUT2D eigenvalue weighted by atomic mass is 10.0. The molecule has 0 unspecified atom stereocenters. The number of rotatable bonds is 7. The summed E-state index contributed by atoms with van der Waals surface area (Å²) >= 11 is 0. The van der Waals surface area contributed by atoms with Crippen LogP contribution in [0.4, 0.5) is 4.39 Å². The van der Waals surface area contributed by atoms with Gasteiger partial charge in [-0.2, -0.15) is 0 Å². The van der Waals surface area contributed by atoms with Crippen molar-refractivity contribution in [2.24, 2.45) is 5.73 Å². The van der Waals surface area contributed by atoms with Crippen molar-refractivity contribution < 1.29 is 18.8 Å². The Balaban J connectivity index is 2.95. The summed E-state index contributed by atoms with van der Waals surface area (Å²) in [4.78, 5) is 36.1. The molecule has 0 radical (unpaired) electrons. The van der Waals surface area contributed by atoms with Crippen LogP contribution in [0.2, 0.25) is 18.1 Å². The Morgan fingerprint density at radius 2 is 1.80 bits per heavy atom. The third-order valence-corrected chi connectivity index (χ3v) is 9.82. The molecule has 0 saturated heterocycles. The molecule has 0 spiro atoms. The molecule has 1 aromatic rings. The van der Waals surface area contributed by atoms with Crippen molar-refractivity contribution in [2.75, 3.05) is 0 Å². The van der Waals surface area contributed by atoms with E-state index in [1.54, 1.807) is 6.07 Å². The van der Waals surface area contributed by atoms with Crippen LogP contribution in [-0.4, -0.2) is 37.9 Å². The molecule has 0 saturated carbocycles. The molecule has 0 aliphatic carbocycles. The second-order valence-corrected chi connectivity index (χ2v) is 13.9. The summed E-state index contributed by atoms with van der Waals surface area (Å²) in [5, 5.41) is 5.17. The highest BCUT2D eigenvalue weighted by Gasteiger charge is 2.33. The van der Waals surface area contributed by atoms with Gasteiger partial charge in [-0.1, -0.05) is 46.0 Å². The Morgan fingerprint density at radius 3 is 2.30 bits per heavy atom. The maximum Gasteiger partial charge on any atom is 0.243 e. The van der Waals surface area contributed by atoms with Gasteiger partial charge in [0.1, 0.15) is 26.0 Å². The van der Waals surface area contributed by atoms with E-state index in [4.69, 9.17) is 5.73 Å². The fourth-order valence-corrected chi connectivity index (χ4v) is 3.33. The summed E-state index contributed by atoms with van der Waals surface area (Å²) in [6.45, 7) is 12.0. The molecule has 6 nitrogen and oxygen atoms in total. The molecule has 0 heterocycles. The van der Waals surface area contributed by atoms with Crippen molar-refractivity contribution >= 4 is 25.8 Å². The van der Waals surface area contributed by atoms with Crippen LogP contribution in [0.3, 0.4) is 0 Å². The van der Waals surface area contributed by atoms with Gasteiger partial charge in [-0.05, 0) is 22.7 Å². The Kier molecular flexibility index (Phi) is 8.79. The van der Waals surface area contributed by atoms with Crippen LogP contribution in [0.25, 0.3) is 0 Å². The molecule has 0 fully saturated rings. The summed E-state index contributed by atoms with van der Waals surface area (Å²) in [5.41, 5.74) is 9.27. The fraction of sp³-hybridized carbons (Fsp3) is 0.500. The standard InChI is InChI=1S/C22H32FN3O3Si/c1-15(27)25-19(14-16-9-7-10-17(23)13-16)21(29)26-18(20(24)28)11-8-12-30(5,6)22(2,3)4/h7,9-10,13,18-19H,11,14H2,1-6H3,(H2,24,28)(H,25,27)(H,26,29)/t18-,19-/m0/s1. The van der Waals surface area contributed by atoms with Gasteiger partial charge >= 0.3 is 0 Å². The van der Waals surface area contributed by atoms with Crippen LogP contribution in [-0.2, 0) is 20.8 Å². The van der Waals surface area contributed by atoms with Crippen molar-refractivity contribution in [1.29, 1.82) is 0 Å². The van der Waals surface area contributed by atoms with E-state index in [0.29, 0.717) is 5.56 Å². The van der Waals surface area contributed by atoms with Crippen molar-refractivity contribution in [3.63, 3.8) is 0 Å². The number of hydrogen-bond acceptors (Lipinski definition) is 3. The molecule has 1 aromatic carbocycles. The number of nitrogens with one attached hydrogen (secondary N) is 2. The second-order valence-electron chi connectivity index (χ2n) is 8.93. The van der Waals surface area contributed by atoms with Gasteiger partial charge in [-0.3, -0.25) is 14.4 Å². The van der Waals surface area contributed by atoms with Crippen molar-refractivity contribution in [1.82, 2.24) is 10.6 Å². The number of amides is 3. The van der Waals surface area contributed by atoms with Gasteiger partial charge in [0.15, 0.2) is 0 Å². The number of halogens is 1. The van der Waals surface area contributed by atoms with Crippen molar-refractivity contribution in [3.05, 3.63) is 35.6 Å². The van der Waals surface area contributed by atoms with E-state index < -0.39 is 43.7 Å². The maximum atomic E-state index is 13.5. The molecule has 0 aromatic heterocycles. The van der Waals surface area contributed by atoms with E-state index in [9.17, 15) is 18.8 Å². The average molecular weight is 434 g/mol. The van der Waals surface area contributed by atoms with Crippen LogP contribution >= 0.6 is 0 Å². The van der Waals surface area contributed by atoms with Crippen LogP contribution in [0.1, 0.15) is 39.7 Å². The van der Waals surface area contributed by atoms with Gasteiger partial charge in [-0.15, -0.1) is 11.5 Å². The van der Waals surface area contributed by atoms with Gasteiger partial charge in [0.2, 0.25) is 17.7 Å². The molecular formula is C22H32FN3O3Si. The molecule has 164 valence electrons.